The van der Waals surface area contributed by atoms with E-state index >= 15 is 0 Å². The normalized spacial score (nSPS) is 21.7. The van der Waals surface area contributed by atoms with Gasteiger partial charge in [-0.2, -0.15) is 0 Å². The minimum absolute atomic E-state index is 0.179. The predicted octanol–water partition coefficient (Wildman–Crippen LogP) is 1.38. The molecule has 150 valence electrons. The van der Waals surface area contributed by atoms with Crippen LogP contribution in [-0.2, 0) is 14.8 Å². The van der Waals surface area contributed by atoms with E-state index in [1.807, 2.05) is 19.1 Å². The Morgan fingerprint density at radius 3 is 2.63 bits per heavy atom. The number of anilines is 2. The monoisotopic (exact) mass is 396 g/mol. The highest BCUT2D eigenvalue weighted by Crippen LogP contribution is 2.23. The fourth-order valence-corrected chi connectivity index (χ4v) is 4.42. The number of urea groups is 1. The molecule has 0 radical (unpaired) electrons. The molecule has 2 aliphatic rings. The topological polar surface area (TPSA) is 91.0 Å². The number of sulfonamides is 1. The molecule has 2 aliphatic heterocycles. The van der Waals surface area contributed by atoms with Gasteiger partial charge in [-0.05, 0) is 43.5 Å². The molecule has 0 aromatic heterocycles. The van der Waals surface area contributed by atoms with Crippen LogP contribution in [0.25, 0.3) is 0 Å². The third-order valence-corrected chi connectivity index (χ3v) is 6.29. The SMILES string of the molecule is Cc1cc(N2CCOCC2)ccc1NC(=O)NC1CCCN(S(C)(=O)=O)C1. The van der Waals surface area contributed by atoms with Gasteiger partial charge in [0.25, 0.3) is 0 Å². The van der Waals surface area contributed by atoms with E-state index in [1.54, 1.807) is 0 Å². The summed E-state index contributed by atoms with van der Waals surface area (Å²) in [6.45, 7) is 5.99. The summed E-state index contributed by atoms with van der Waals surface area (Å²) in [5.74, 6) is 0. The quantitative estimate of drug-likeness (QED) is 0.802. The molecule has 2 N–H and O–H groups in total. The van der Waals surface area contributed by atoms with Crippen LogP contribution in [-0.4, -0.2) is 70.4 Å². The largest absolute Gasteiger partial charge is 0.378 e. The summed E-state index contributed by atoms with van der Waals surface area (Å²) < 4.78 is 30.2. The number of nitrogens with one attached hydrogen (secondary N) is 2. The molecule has 1 aromatic carbocycles. The van der Waals surface area contributed by atoms with Crippen LogP contribution in [0.2, 0.25) is 0 Å². The first-order chi connectivity index (χ1) is 12.8. The Morgan fingerprint density at radius 1 is 1.22 bits per heavy atom. The molecule has 1 aromatic rings. The fraction of sp³-hybridized carbons (Fsp3) is 0.611. The van der Waals surface area contributed by atoms with E-state index in [9.17, 15) is 13.2 Å². The second-order valence-electron chi connectivity index (χ2n) is 7.16. The summed E-state index contributed by atoms with van der Waals surface area (Å²) in [7, 11) is -3.23. The van der Waals surface area contributed by atoms with Gasteiger partial charge in [-0.3, -0.25) is 0 Å². The molecule has 3 rings (SSSR count). The molecular formula is C18H28N4O4S. The van der Waals surface area contributed by atoms with Crippen LogP contribution in [0.5, 0.6) is 0 Å². The van der Waals surface area contributed by atoms with Gasteiger partial charge in [0.2, 0.25) is 10.0 Å². The smallest absolute Gasteiger partial charge is 0.319 e. The van der Waals surface area contributed by atoms with Crippen molar-refractivity contribution in [3.63, 3.8) is 0 Å². The lowest BCUT2D eigenvalue weighted by Crippen LogP contribution is -2.50. The van der Waals surface area contributed by atoms with E-state index in [0.29, 0.717) is 13.1 Å². The van der Waals surface area contributed by atoms with Crippen LogP contribution in [0.4, 0.5) is 16.2 Å². The van der Waals surface area contributed by atoms with Crippen LogP contribution >= 0.6 is 0 Å². The van der Waals surface area contributed by atoms with Gasteiger partial charge in [-0.25, -0.2) is 17.5 Å². The van der Waals surface area contributed by atoms with E-state index in [0.717, 1.165) is 56.1 Å². The van der Waals surface area contributed by atoms with Crippen molar-refractivity contribution >= 4 is 27.4 Å². The molecular weight excluding hydrogens is 368 g/mol. The number of ether oxygens (including phenoxy) is 1. The third-order valence-electron chi connectivity index (χ3n) is 5.02. The number of carbonyl (C=O) groups excluding carboxylic acids is 1. The standard InChI is InChI=1S/C18H28N4O4S/c1-14-12-16(21-8-10-26-11-9-21)5-6-17(14)20-18(23)19-15-4-3-7-22(13-15)27(2,24)25/h5-6,12,15H,3-4,7-11,13H2,1-2H3,(H2,19,20,23). The van der Waals surface area contributed by atoms with Crippen LogP contribution in [0.15, 0.2) is 18.2 Å². The number of carbonyl (C=O) groups is 1. The van der Waals surface area contributed by atoms with Crippen molar-refractivity contribution in [1.29, 1.82) is 0 Å². The van der Waals surface area contributed by atoms with E-state index in [-0.39, 0.29) is 12.1 Å². The molecule has 8 nitrogen and oxygen atoms in total. The Morgan fingerprint density at radius 2 is 1.96 bits per heavy atom. The third kappa shape index (κ3) is 5.33. The molecule has 0 aliphatic carbocycles. The Kier molecular flexibility index (Phi) is 6.23. The maximum Gasteiger partial charge on any atom is 0.319 e. The molecule has 0 spiro atoms. The van der Waals surface area contributed by atoms with Crippen LogP contribution in [0.3, 0.4) is 0 Å². The summed E-state index contributed by atoms with van der Waals surface area (Å²) in [5.41, 5.74) is 2.86. The lowest BCUT2D eigenvalue weighted by molar-refractivity contribution is 0.122. The first-order valence-corrected chi connectivity index (χ1v) is 11.1. The lowest BCUT2D eigenvalue weighted by atomic mass is 10.1. The average Bonchev–Trinajstić information content (AvgIpc) is 2.63. The van der Waals surface area contributed by atoms with Gasteiger partial charge in [0.15, 0.2) is 0 Å². The molecule has 1 atom stereocenters. The molecule has 2 fully saturated rings. The predicted molar refractivity (Wildman–Crippen MR) is 106 cm³/mol. The zero-order valence-corrected chi connectivity index (χ0v) is 16.7. The molecule has 9 heteroatoms. The summed E-state index contributed by atoms with van der Waals surface area (Å²) in [6.07, 6.45) is 2.72. The second kappa shape index (κ2) is 8.45. The number of benzene rings is 1. The number of hydrogen-bond donors (Lipinski definition) is 2. The number of rotatable bonds is 4. The molecule has 1 unspecified atom stereocenters. The fourth-order valence-electron chi connectivity index (χ4n) is 3.51. The molecule has 0 saturated carbocycles. The maximum atomic E-state index is 12.4. The number of morpholine rings is 1. The van der Waals surface area contributed by atoms with Crippen molar-refractivity contribution in [2.45, 2.75) is 25.8 Å². The Labute approximate surface area is 160 Å². The van der Waals surface area contributed by atoms with E-state index in [2.05, 4.69) is 21.6 Å². The van der Waals surface area contributed by atoms with Gasteiger partial charge >= 0.3 is 6.03 Å². The number of piperidine rings is 1. The van der Waals surface area contributed by atoms with E-state index in [4.69, 9.17) is 4.74 Å². The van der Waals surface area contributed by atoms with Gasteiger partial charge in [-0.15, -0.1) is 0 Å². The molecule has 2 saturated heterocycles. The summed E-state index contributed by atoms with van der Waals surface area (Å²) >= 11 is 0. The average molecular weight is 397 g/mol. The first-order valence-electron chi connectivity index (χ1n) is 9.29. The Balaban J connectivity index is 1.57. The van der Waals surface area contributed by atoms with Gasteiger partial charge in [-0.1, -0.05) is 0 Å². The lowest BCUT2D eigenvalue weighted by Gasteiger charge is -2.31. The zero-order valence-electron chi connectivity index (χ0n) is 15.9. The van der Waals surface area contributed by atoms with Crippen LogP contribution in [0.1, 0.15) is 18.4 Å². The van der Waals surface area contributed by atoms with E-state index in [1.165, 1.54) is 10.6 Å². The van der Waals surface area contributed by atoms with Gasteiger partial charge < -0.3 is 20.3 Å². The summed E-state index contributed by atoms with van der Waals surface area (Å²) in [4.78, 5) is 14.6. The van der Waals surface area contributed by atoms with Crippen molar-refractivity contribution in [3.8, 4) is 0 Å². The van der Waals surface area contributed by atoms with Gasteiger partial charge in [0.05, 0.1) is 19.5 Å². The molecule has 2 amide bonds. The highest BCUT2D eigenvalue weighted by atomic mass is 32.2. The van der Waals surface area contributed by atoms with Crippen molar-refractivity contribution in [2.75, 3.05) is 55.9 Å². The van der Waals surface area contributed by atoms with Crippen molar-refractivity contribution in [2.24, 2.45) is 0 Å². The maximum absolute atomic E-state index is 12.4. The van der Waals surface area contributed by atoms with E-state index < -0.39 is 10.0 Å². The number of aryl methyl sites for hydroxylation is 1. The van der Waals surface area contributed by atoms with Crippen LogP contribution < -0.4 is 15.5 Å². The minimum Gasteiger partial charge on any atom is -0.378 e. The first kappa shape index (κ1) is 19.9. The van der Waals surface area contributed by atoms with Gasteiger partial charge in [0, 0.05) is 43.6 Å². The number of hydrogen-bond acceptors (Lipinski definition) is 5. The van der Waals surface area contributed by atoms with Crippen molar-refractivity contribution < 1.29 is 17.9 Å². The summed E-state index contributed by atoms with van der Waals surface area (Å²) in [5, 5.41) is 5.77. The molecule has 0 bridgehead atoms. The second-order valence-corrected chi connectivity index (χ2v) is 9.14. The Hall–Kier alpha value is -1.84. The number of amides is 2. The highest BCUT2D eigenvalue weighted by Gasteiger charge is 2.26. The minimum atomic E-state index is -3.23. The van der Waals surface area contributed by atoms with Crippen molar-refractivity contribution in [3.05, 3.63) is 23.8 Å². The van der Waals surface area contributed by atoms with Crippen LogP contribution in [0, 0.1) is 6.92 Å². The Bertz CT molecular complexity index is 778. The van der Waals surface area contributed by atoms with Gasteiger partial charge in [0.1, 0.15) is 0 Å². The molecule has 2 heterocycles. The van der Waals surface area contributed by atoms with Crippen molar-refractivity contribution in [1.82, 2.24) is 9.62 Å². The summed E-state index contributed by atoms with van der Waals surface area (Å²) in [6, 6.07) is 5.48. The highest BCUT2D eigenvalue weighted by molar-refractivity contribution is 7.88. The number of nitrogens with zero attached hydrogens (tertiary/aromatic N) is 2. The zero-order chi connectivity index (χ0) is 19.4. The molecule has 27 heavy (non-hydrogen) atoms.